The fraction of sp³-hybridized carbons (Fsp3) is 0.200. The zero-order valence-electron chi connectivity index (χ0n) is 13.0. The van der Waals surface area contributed by atoms with Crippen LogP contribution >= 0.6 is 11.3 Å². The molecule has 2 aromatic heterocycles. The zero-order chi connectivity index (χ0) is 17.3. The second-order valence-corrected chi connectivity index (χ2v) is 5.88. The van der Waals surface area contributed by atoms with Crippen molar-refractivity contribution >= 4 is 33.4 Å². The second kappa shape index (κ2) is 6.28. The van der Waals surface area contributed by atoms with Crippen molar-refractivity contribution in [1.82, 2.24) is 9.97 Å². The number of aromatic nitrogens is 2. The molecule has 1 aromatic carbocycles. The lowest BCUT2D eigenvalue weighted by molar-refractivity contribution is 0.0969. The number of aromatic amines is 1. The van der Waals surface area contributed by atoms with E-state index in [2.05, 4.69) is 15.0 Å². The Kier molecular flexibility index (Phi) is 4.17. The monoisotopic (exact) mass is 346 g/mol. The number of benzene rings is 1. The van der Waals surface area contributed by atoms with Gasteiger partial charge in [0.05, 0.1) is 17.5 Å². The van der Waals surface area contributed by atoms with E-state index in [1.807, 2.05) is 6.92 Å². The van der Waals surface area contributed by atoms with Gasteiger partial charge in [0.25, 0.3) is 0 Å². The van der Waals surface area contributed by atoms with E-state index in [0.717, 1.165) is 0 Å². The van der Waals surface area contributed by atoms with Gasteiger partial charge in [-0.05, 0) is 18.6 Å². The number of primary amides is 1. The molecular weight excluding hydrogens is 332 g/mol. The topological polar surface area (TPSA) is 124 Å². The predicted molar refractivity (Wildman–Crippen MR) is 87.0 cm³/mol. The predicted octanol–water partition coefficient (Wildman–Crippen LogP) is 1.63. The third kappa shape index (κ3) is 2.81. The van der Waals surface area contributed by atoms with Gasteiger partial charge in [-0.25, -0.2) is 4.98 Å². The molecule has 0 unspecified atom stereocenters. The Balaban J connectivity index is 2.10. The highest BCUT2D eigenvalue weighted by molar-refractivity contribution is 7.16. The average molecular weight is 346 g/mol. The van der Waals surface area contributed by atoms with E-state index in [0.29, 0.717) is 38.4 Å². The fourth-order valence-electron chi connectivity index (χ4n) is 2.22. The summed E-state index contributed by atoms with van der Waals surface area (Å²) in [6, 6.07) is 3.15. The van der Waals surface area contributed by atoms with Crippen LogP contribution in [0, 0.1) is 0 Å². The van der Waals surface area contributed by atoms with Crippen LogP contribution in [-0.2, 0) is 6.42 Å². The first-order valence-corrected chi connectivity index (χ1v) is 7.87. The molecule has 9 heteroatoms. The standard InChI is InChI=1S/C15H14N4O4S/c1-3-8-12(23-6-17-8)14(21)19-15-18-11-9(22-2)4-7(13(16)20)5-10(11)24-15/h4-6H,3H2,1-2H3,(H2,16,20)(H,18,19,21). The Morgan fingerprint density at radius 2 is 2.25 bits per heavy atom. The van der Waals surface area contributed by atoms with Crippen molar-refractivity contribution in [3.05, 3.63) is 40.3 Å². The molecule has 0 bridgehead atoms. The number of hydrogen-bond acceptors (Lipinski definition) is 6. The van der Waals surface area contributed by atoms with Gasteiger partial charge in [0.2, 0.25) is 11.7 Å². The molecule has 3 rings (SSSR count). The number of amides is 2. The Morgan fingerprint density at radius 1 is 1.46 bits per heavy atom. The SMILES string of the molecule is CCc1ncoc1C(=O)/N=c1/[nH]c2c(OC)cc(C(N)=O)cc2s1. The number of nitrogens with zero attached hydrogens (tertiary/aromatic N) is 2. The molecule has 3 aromatic rings. The van der Waals surface area contributed by atoms with Gasteiger partial charge in [-0.1, -0.05) is 18.3 Å². The summed E-state index contributed by atoms with van der Waals surface area (Å²) in [5.41, 5.74) is 6.82. The van der Waals surface area contributed by atoms with Gasteiger partial charge >= 0.3 is 5.91 Å². The minimum atomic E-state index is -0.563. The number of fused-ring (bicyclic) bond motifs is 1. The summed E-state index contributed by atoms with van der Waals surface area (Å²) in [6.45, 7) is 1.87. The van der Waals surface area contributed by atoms with Crippen molar-refractivity contribution in [3.63, 3.8) is 0 Å². The van der Waals surface area contributed by atoms with Gasteiger partial charge < -0.3 is 19.9 Å². The number of thiazole rings is 1. The van der Waals surface area contributed by atoms with Crippen molar-refractivity contribution in [2.24, 2.45) is 10.7 Å². The Hall–Kier alpha value is -2.94. The molecule has 0 aliphatic rings. The summed E-state index contributed by atoms with van der Waals surface area (Å²) >= 11 is 1.20. The van der Waals surface area contributed by atoms with E-state index in [1.54, 1.807) is 6.07 Å². The van der Waals surface area contributed by atoms with Crippen molar-refractivity contribution in [3.8, 4) is 5.75 Å². The molecule has 0 aliphatic carbocycles. The number of carbonyl (C=O) groups excluding carboxylic acids is 2. The number of hydrogen-bond donors (Lipinski definition) is 2. The molecule has 2 amide bonds. The summed E-state index contributed by atoms with van der Waals surface area (Å²) in [7, 11) is 1.48. The van der Waals surface area contributed by atoms with Crippen LogP contribution in [0.2, 0.25) is 0 Å². The number of aryl methyl sites for hydroxylation is 1. The first-order valence-electron chi connectivity index (χ1n) is 7.05. The van der Waals surface area contributed by atoms with Crippen LogP contribution in [0.4, 0.5) is 0 Å². The van der Waals surface area contributed by atoms with Crippen molar-refractivity contribution in [2.75, 3.05) is 7.11 Å². The van der Waals surface area contributed by atoms with E-state index < -0.39 is 11.8 Å². The quantitative estimate of drug-likeness (QED) is 0.743. The summed E-state index contributed by atoms with van der Waals surface area (Å²) in [4.78, 5) is 35.0. The number of methoxy groups -OCH3 is 1. The molecule has 0 fully saturated rings. The Bertz CT molecular complexity index is 998. The highest BCUT2D eigenvalue weighted by Gasteiger charge is 2.16. The van der Waals surface area contributed by atoms with Crippen LogP contribution in [0.15, 0.2) is 27.9 Å². The smallest absolute Gasteiger partial charge is 0.317 e. The first-order chi connectivity index (χ1) is 11.5. The lowest BCUT2D eigenvalue weighted by atomic mass is 10.2. The highest BCUT2D eigenvalue weighted by Crippen LogP contribution is 2.27. The van der Waals surface area contributed by atoms with E-state index in [1.165, 1.54) is 30.9 Å². The van der Waals surface area contributed by atoms with E-state index in [9.17, 15) is 9.59 Å². The van der Waals surface area contributed by atoms with Crippen molar-refractivity contribution in [1.29, 1.82) is 0 Å². The van der Waals surface area contributed by atoms with Gasteiger partial charge in [0.15, 0.2) is 11.2 Å². The number of nitrogens with two attached hydrogens (primary N) is 1. The van der Waals surface area contributed by atoms with Crippen LogP contribution < -0.4 is 15.3 Å². The number of ether oxygens (including phenoxy) is 1. The molecule has 0 saturated carbocycles. The molecule has 0 atom stereocenters. The number of carbonyl (C=O) groups is 2. The lowest BCUT2D eigenvalue weighted by Gasteiger charge is -2.03. The minimum Gasteiger partial charge on any atom is -0.494 e. The molecule has 0 saturated heterocycles. The van der Waals surface area contributed by atoms with Crippen molar-refractivity contribution in [2.45, 2.75) is 13.3 Å². The van der Waals surface area contributed by atoms with Crippen LogP contribution in [0.5, 0.6) is 5.75 Å². The summed E-state index contributed by atoms with van der Waals surface area (Å²) in [5.74, 6) is -0.526. The fourth-order valence-corrected chi connectivity index (χ4v) is 3.15. The minimum absolute atomic E-state index is 0.119. The summed E-state index contributed by atoms with van der Waals surface area (Å²) in [6.07, 6.45) is 1.79. The van der Waals surface area contributed by atoms with Gasteiger partial charge in [-0.2, -0.15) is 4.99 Å². The highest BCUT2D eigenvalue weighted by atomic mass is 32.1. The van der Waals surface area contributed by atoms with E-state index in [4.69, 9.17) is 14.9 Å². The third-order valence-corrected chi connectivity index (χ3v) is 4.31. The lowest BCUT2D eigenvalue weighted by Crippen LogP contribution is -2.10. The van der Waals surface area contributed by atoms with Crippen LogP contribution in [0.3, 0.4) is 0 Å². The summed E-state index contributed by atoms with van der Waals surface area (Å²) in [5, 5.41) is 0. The van der Waals surface area contributed by atoms with Crippen LogP contribution in [-0.4, -0.2) is 28.9 Å². The maximum atomic E-state index is 12.2. The Morgan fingerprint density at radius 3 is 2.92 bits per heavy atom. The molecule has 8 nitrogen and oxygen atoms in total. The zero-order valence-corrected chi connectivity index (χ0v) is 13.8. The number of oxazole rings is 1. The number of rotatable bonds is 4. The molecular formula is C15H14N4O4S. The van der Waals surface area contributed by atoms with E-state index >= 15 is 0 Å². The van der Waals surface area contributed by atoms with Crippen LogP contribution in [0.1, 0.15) is 33.5 Å². The van der Waals surface area contributed by atoms with Crippen molar-refractivity contribution < 1.29 is 18.7 Å². The molecule has 0 aliphatic heterocycles. The number of H-pyrrole nitrogens is 1. The molecule has 0 spiro atoms. The van der Waals surface area contributed by atoms with Gasteiger partial charge in [-0.15, -0.1) is 0 Å². The van der Waals surface area contributed by atoms with Gasteiger partial charge in [-0.3, -0.25) is 9.59 Å². The van der Waals surface area contributed by atoms with Gasteiger partial charge in [0, 0.05) is 5.56 Å². The Labute approximate surface area is 140 Å². The molecule has 3 N–H and O–H groups in total. The maximum Gasteiger partial charge on any atom is 0.317 e. The molecule has 2 heterocycles. The second-order valence-electron chi connectivity index (χ2n) is 4.85. The normalized spacial score (nSPS) is 11.8. The number of nitrogens with one attached hydrogen (secondary N) is 1. The molecule has 0 radical (unpaired) electrons. The molecule has 24 heavy (non-hydrogen) atoms. The first kappa shape index (κ1) is 15.9. The van der Waals surface area contributed by atoms with Crippen LogP contribution in [0.25, 0.3) is 10.2 Å². The molecule has 124 valence electrons. The van der Waals surface area contributed by atoms with E-state index in [-0.39, 0.29) is 5.76 Å². The largest absolute Gasteiger partial charge is 0.494 e. The summed E-state index contributed by atoms with van der Waals surface area (Å²) < 4.78 is 11.1. The van der Waals surface area contributed by atoms with Gasteiger partial charge in [0.1, 0.15) is 11.3 Å². The third-order valence-electron chi connectivity index (χ3n) is 3.38. The average Bonchev–Trinajstić information content (AvgIpc) is 3.19. The maximum absolute atomic E-state index is 12.2.